The molecule has 0 saturated carbocycles. The van der Waals surface area contributed by atoms with Gasteiger partial charge in [-0.15, -0.1) is 0 Å². The topological polar surface area (TPSA) is 49.4 Å². The maximum absolute atomic E-state index is 11.6. The monoisotopic (exact) mass is 212 g/mol. The molecule has 15 heavy (non-hydrogen) atoms. The summed E-state index contributed by atoms with van der Waals surface area (Å²) in [7, 11) is 0. The third-order valence-electron chi connectivity index (χ3n) is 2.62. The maximum atomic E-state index is 11.6. The van der Waals surface area contributed by atoms with Crippen molar-refractivity contribution in [2.24, 2.45) is 0 Å². The molecule has 0 unspecified atom stereocenters. The molecule has 0 bridgehead atoms. The number of hydrogen-bond donors (Lipinski definition) is 1. The number of carbonyl (C=O) groups is 2. The van der Waals surface area contributed by atoms with Crippen molar-refractivity contribution in [2.45, 2.75) is 39.0 Å². The van der Waals surface area contributed by atoms with E-state index in [0.717, 1.165) is 32.4 Å². The summed E-state index contributed by atoms with van der Waals surface area (Å²) in [6.07, 6.45) is 4.73. The molecule has 1 aliphatic rings. The predicted octanol–water partition coefficient (Wildman–Crippen LogP) is 0.915. The van der Waals surface area contributed by atoms with E-state index in [0.29, 0.717) is 6.42 Å². The molecule has 0 aromatic heterocycles. The van der Waals surface area contributed by atoms with E-state index in [2.05, 4.69) is 5.32 Å². The number of nitrogens with zero attached hydrogens (tertiary/aromatic N) is 1. The second-order valence-corrected chi connectivity index (χ2v) is 3.97. The van der Waals surface area contributed by atoms with Crippen LogP contribution in [-0.4, -0.2) is 36.3 Å². The molecule has 1 fully saturated rings. The van der Waals surface area contributed by atoms with Crippen LogP contribution >= 0.6 is 0 Å². The van der Waals surface area contributed by atoms with Crippen molar-refractivity contribution >= 4 is 11.8 Å². The highest BCUT2D eigenvalue weighted by atomic mass is 16.2. The highest BCUT2D eigenvalue weighted by Gasteiger charge is 2.16. The minimum absolute atomic E-state index is 0.0251. The summed E-state index contributed by atoms with van der Waals surface area (Å²) < 4.78 is 0. The summed E-state index contributed by atoms with van der Waals surface area (Å²) >= 11 is 0. The summed E-state index contributed by atoms with van der Waals surface area (Å²) in [5, 5.41) is 2.65. The largest absolute Gasteiger partial charge is 0.347 e. The molecule has 4 nitrogen and oxygen atoms in total. The summed E-state index contributed by atoms with van der Waals surface area (Å²) in [6, 6.07) is 0. The summed E-state index contributed by atoms with van der Waals surface area (Å²) in [4.78, 5) is 24.6. The van der Waals surface area contributed by atoms with Crippen LogP contribution in [0.15, 0.2) is 0 Å². The van der Waals surface area contributed by atoms with Gasteiger partial charge in [-0.1, -0.05) is 6.92 Å². The van der Waals surface area contributed by atoms with Crippen molar-refractivity contribution < 1.29 is 9.59 Å². The first-order chi connectivity index (χ1) is 7.24. The molecule has 2 amide bonds. The van der Waals surface area contributed by atoms with Gasteiger partial charge in [-0.2, -0.15) is 0 Å². The summed E-state index contributed by atoms with van der Waals surface area (Å²) in [6.45, 7) is 3.82. The Kier molecular flexibility index (Phi) is 5.15. The zero-order chi connectivity index (χ0) is 11.1. The quantitative estimate of drug-likeness (QED) is 0.753. The van der Waals surface area contributed by atoms with Gasteiger partial charge in [0, 0.05) is 19.5 Å². The van der Waals surface area contributed by atoms with Gasteiger partial charge >= 0.3 is 0 Å². The van der Waals surface area contributed by atoms with Crippen molar-refractivity contribution in [1.82, 2.24) is 10.2 Å². The van der Waals surface area contributed by atoms with Gasteiger partial charge in [0.15, 0.2) is 0 Å². The van der Waals surface area contributed by atoms with Gasteiger partial charge in [-0.25, -0.2) is 0 Å². The number of piperidine rings is 1. The molecular formula is C11H20N2O2. The van der Waals surface area contributed by atoms with E-state index in [4.69, 9.17) is 0 Å². The van der Waals surface area contributed by atoms with E-state index >= 15 is 0 Å². The van der Waals surface area contributed by atoms with Gasteiger partial charge in [-0.3, -0.25) is 9.59 Å². The van der Waals surface area contributed by atoms with E-state index in [1.165, 1.54) is 6.42 Å². The molecule has 1 aliphatic heterocycles. The first kappa shape index (κ1) is 12.0. The average Bonchev–Trinajstić information content (AvgIpc) is 2.27. The molecular weight excluding hydrogens is 192 g/mol. The molecule has 1 rings (SSSR count). The van der Waals surface area contributed by atoms with Crippen molar-refractivity contribution in [3.8, 4) is 0 Å². The Bertz CT molecular complexity index is 223. The molecule has 1 N–H and O–H groups in total. The molecule has 0 aromatic rings. The summed E-state index contributed by atoms with van der Waals surface area (Å²) in [5.41, 5.74) is 0. The lowest BCUT2D eigenvalue weighted by Gasteiger charge is -2.26. The number of likely N-dealkylation sites (tertiary alicyclic amines) is 1. The SMILES string of the molecule is CCCC(=O)NCC(=O)N1CCCCC1. The van der Waals surface area contributed by atoms with E-state index < -0.39 is 0 Å². The van der Waals surface area contributed by atoms with Crippen LogP contribution in [0.2, 0.25) is 0 Å². The fraction of sp³-hybridized carbons (Fsp3) is 0.818. The molecule has 4 heteroatoms. The van der Waals surface area contributed by atoms with Gasteiger partial charge in [-0.05, 0) is 25.7 Å². The van der Waals surface area contributed by atoms with Crippen LogP contribution in [0.4, 0.5) is 0 Å². The number of carbonyl (C=O) groups excluding carboxylic acids is 2. The van der Waals surface area contributed by atoms with Crippen molar-refractivity contribution in [3.05, 3.63) is 0 Å². The minimum atomic E-state index is -0.0251. The van der Waals surface area contributed by atoms with Crippen LogP contribution in [-0.2, 0) is 9.59 Å². The second-order valence-electron chi connectivity index (χ2n) is 3.97. The predicted molar refractivity (Wildman–Crippen MR) is 58.3 cm³/mol. The molecule has 1 saturated heterocycles. The van der Waals surface area contributed by atoms with E-state index in [1.54, 1.807) is 0 Å². The lowest BCUT2D eigenvalue weighted by atomic mass is 10.1. The Labute approximate surface area is 91.0 Å². The highest BCUT2D eigenvalue weighted by Crippen LogP contribution is 2.08. The third kappa shape index (κ3) is 4.32. The maximum Gasteiger partial charge on any atom is 0.241 e. The first-order valence-corrected chi connectivity index (χ1v) is 5.78. The highest BCUT2D eigenvalue weighted by molar-refractivity contribution is 5.84. The van der Waals surface area contributed by atoms with Crippen LogP contribution in [0.5, 0.6) is 0 Å². The zero-order valence-electron chi connectivity index (χ0n) is 9.42. The zero-order valence-corrected chi connectivity index (χ0v) is 9.42. The Morgan fingerprint density at radius 3 is 2.47 bits per heavy atom. The van der Waals surface area contributed by atoms with E-state index in [-0.39, 0.29) is 18.4 Å². The number of hydrogen-bond acceptors (Lipinski definition) is 2. The Balaban J connectivity index is 2.19. The third-order valence-corrected chi connectivity index (χ3v) is 2.62. The normalized spacial score (nSPS) is 16.2. The lowest BCUT2D eigenvalue weighted by Crippen LogP contribution is -2.42. The molecule has 0 aliphatic carbocycles. The second kappa shape index (κ2) is 6.43. The molecule has 1 heterocycles. The van der Waals surface area contributed by atoms with Crippen LogP contribution in [0.25, 0.3) is 0 Å². The standard InChI is InChI=1S/C11H20N2O2/c1-2-6-10(14)12-9-11(15)13-7-4-3-5-8-13/h2-9H2,1H3,(H,12,14). The molecule has 86 valence electrons. The number of amides is 2. The van der Waals surface area contributed by atoms with Crippen LogP contribution in [0.3, 0.4) is 0 Å². The average molecular weight is 212 g/mol. The van der Waals surface area contributed by atoms with E-state index in [1.807, 2.05) is 11.8 Å². The Morgan fingerprint density at radius 1 is 1.20 bits per heavy atom. The van der Waals surface area contributed by atoms with Crippen molar-refractivity contribution in [2.75, 3.05) is 19.6 Å². The lowest BCUT2D eigenvalue weighted by molar-refractivity contribution is -0.133. The van der Waals surface area contributed by atoms with Crippen LogP contribution in [0.1, 0.15) is 39.0 Å². The van der Waals surface area contributed by atoms with Crippen molar-refractivity contribution in [1.29, 1.82) is 0 Å². The first-order valence-electron chi connectivity index (χ1n) is 5.78. The van der Waals surface area contributed by atoms with Crippen molar-refractivity contribution in [3.63, 3.8) is 0 Å². The van der Waals surface area contributed by atoms with Gasteiger partial charge in [0.25, 0.3) is 0 Å². The van der Waals surface area contributed by atoms with Gasteiger partial charge in [0.1, 0.15) is 0 Å². The summed E-state index contributed by atoms with van der Waals surface area (Å²) in [5.74, 6) is 0.0296. The Morgan fingerprint density at radius 2 is 1.87 bits per heavy atom. The van der Waals surface area contributed by atoms with Crippen LogP contribution < -0.4 is 5.32 Å². The van der Waals surface area contributed by atoms with Gasteiger partial charge in [0.05, 0.1) is 6.54 Å². The number of nitrogens with one attached hydrogen (secondary N) is 1. The molecule has 0 aromatic carbocycles. The molecule has 0 spiro atoms. The smallest absolute Gasteiger partial charge is 0.241 e. The fourth-order valence-electron chi connectivity index (χ4n) is 1.74. The molecule has 0 radical (unpaired) electrons. The number of rotatable bonds is 4. The van der Waals surface area contributed by atoms with Gasteiger partial charge in [0.2, 0.25) is 11.8 Å². The fourth-order valence-corrected chi connectivity index (χ4v) is 1.74. The molecule has 0 atom stereocenters. The minimum Gasteiger partial charge on any atom is -0.347 e. The van der Waals surface area contributed by atoms with Crippen LogP contribution in [0, 0.1) is 0 Å². The Hall–Kier alpha value is -1.06. The van der Waals surface area contributed by atoms with E-state index in [9.17, 15) is 9.59 Å². The van der Waals surface area contributed by atoms with Gasteiger partial charge < -0.3 is 10.2 Å².